The summed E-state index contributed by atoms with van der Waals surface area (Å²) in [5.74, 6) is 1.49. The molecule has 3 rings (SSSR count). The molecule has 0 aliphatic carbocycles. The van der Waals surface area contributed by atoms with E-state index in [2.05, 4.69) is 9.97 Å². The minimum atomic E-state index is -0.659. The van der Waals surface area contributed by atoms with Gasteiger partial charge in [-0.1, -0.05) is 11.6 Å². The fourth-order valence-corrected chi connectivity index (χ4v) is 2.22. The van der Waals surface area contributed by atoms with Gasteiger partial charge in [-0.25, -0.2) is 4.98 Å². The molecular formula is C12H11ClN2O2. The Balaban J connectivity index is 1.84. The van der Waals surface area contributed by atoms with Gasteiger partial charge in [-0.2, -0.15) is 0 Å². The van der Waals surface area contributed by atoms with E-state index in [1.807, 2.05) is 0 Å². The third-order valence-electron chi connectivity index (χ3n) is 2.87. The van der Waals surface area contributed by atoms with Crippen molar-refractivity contribution in [1.29, 1.82) is 0 Å². The molecule has 88 valence electrons. The van der Waals surface area contributed by atoms with Crippen LogP contribution in [0.25, 0.3) is 0 Å². The summed E-state index contributed by atoms with van der Waals surface area (Å²) in [5.41, 5.74) is 0.744. The molecule has 5 heteroatoms. The summed E-state index contributed by atoms with van der Waals surface area (Å²) in [4.78, 5) is 7.12. The molecule has 2 unspecified atom stereocenters. The maximum absolute atomic E-state index is 10.1. The molecule has 0 bridgehead atoms. The van der Waals surface area contributed by atoms with E-state index in [0.29, 0.717) is 17.2 Å². The highest BCUT2D eigenvalue weighted by atomic mass is 35.5. The first-order chi connectivity index (χ1) is 8.24. The predicted octanol–water partition coefficient (Wildman–Crippen LogP) is 2.10. The SMILES string of the molecule is OC1c2cc(Cl)ccc2OC1Cc1ncc[nH]1. The van der Waals surface area contributed by atoms with E-state index in [1.54, 1.807) is 30.6 Å². The summed E-state index contributed by atoms with van der Waals surface area (Å²) >= 11 is 5.89. The number of fused-ring (bicyclic) bond motifs is 1. The summed E-state index contributed by atoms with van der Waals surface area (Å²) in [7, 11) is 0. The van der Waals surface area contributed by atoms with E-state index < -0.39 is 6.10 Å². The van der Waals surface area contributed by atoms with Gasteiger partial charge in [0.15, 0.2) is 0 Å². The highest BCUT2D eigenvalue weighted by molar-refractivity contribution is 6.30. The van der Waals surface area contributed by atoms with Crippen LogP contribution in [-0.2, 0) is 6.42 Å². The molecule has 1 aromatic carbocycles. The third-order valence-corrected chi connectivity index (χ3v) is 3.11. The van der Waals surface area contributed by atoms with Crippen LogP contribution >= 0.6 is 11.6 Å². The number of aromatic amines is 1. The Morgan fingerprint density at radius 3 is 3.12 bits per heavy atom. The molecule has 0 saturated carbocycles. The van der Waals surface area contributed by atoms with Gasteiger partial charge in [0.2, 0.25) is 0 Å². The molecular weight excluding hydrogens is 240 g/mol. The van der Waals surface area contributed by atoms with Crippen LogP contribution in [0.15, 0.2) is 30.6 Å². The van der Waals surface area contributed by atoms with Crippen molar-refractivity contribution in [3.05, 3.63) is 47.0 Å². The van der Waals surface area contributed by atoms with Crippen LogP contribution in [0.5, 0.6) is 5.75 Å². The van der Waals surface area contributed by atoms with Crippen molar-refractivity contribution in [2.24, 2.45) is 0 Å². The lowest BCUT2D eigenvalue weighted by molar-refractivity contribution is 0.0667. The van der Waals surface area contributed by atoms with Crippen LogP contribution in [0.2, 0.25) is 5.02 Å². The fraction of sp³-hybridized carbons (Fsp3) is 0.250. The number of aliphatic hydroxyl groups is 1. The minimum Gasteiger partial charge on any atom is -0.486 e. The second-order valence-corrected chi connectivity index (χ2v) is 4.46. The van der Waals surface area contributed by atoms with Gasteiger partial charge in [0, 0.05) is 29.4 Å². The number of hydrogen-bond donors (Lipinski definition) is 2. The number of aromatic nitrogens is 2. The number of H-pyrrole nitrogens is 1. The van der Waals surface area contributed by atoms with Crippen molar-refractivity contribution in [2.75, 3.05) is 0 Å². The van der Waals surface area contributed by atoms with Crippen LogP contribution in [0.4, 0.5) is 0 Å². The summed E-state index contributed by atoms with van der Waals surface area (Å²) in [6, 6.07) is 5.27. The first kappa shape index (κ1) is 10.6. The lowest BCUT2D eigenvalue weighted by atomic mass is 10.0. The van der Waals surface area contributed by atoms with Crippen molar-refractivity contribution >= 4 is 11.6 Å². The lowest BCUT2D eigenvalue weighted by Gasteiger charge is -2.12. The van der Waals surface area contributed by atoms with Crippen LogP contribution in [0.3, 0.4) is 0 Å². The standard InChI is InChI=1S/C12H11ClN2O2/c13-7-1-2-9-8(5-7)12(16)10(17-9)6-11-14-3-4-15-11/h1-5,10,12,16H,6H2,(H,14,15). The summed E-state index contributed by atoms with van der Waals surface area (Å²) in [6.45, 7) is 0. The highest BCUT2D eigenvalue weighted by Crippen LogP contribution is 2.38. The van der Waals surface area contributed by atoms with Gasteiger partial charge < -0.3 is 14.8 Å². The van der Waals surface area contributed by atoms with Crippen molar-refractivity contribution < 1.29 is 9.84 Å². The maximum atomic E-state index is 10.1. The number of halogens is 1. The largest absolute Gasteiger partial charge is 0.486 e. The molecule has 2 atom stereocenters. The van der Waals surface area contributed by atoms with E-state index in [9.17, 15) is 5.11 Å². The molecule has 2 heterocycles. The molecule has 0 fully saturated rings. The zero-order chi connectivity index (χ0) is 11.8. The normalized spacial score (nSPS) is 22.2. The zero-order valence-corrected chi connectivity index (χ0v) is 9.69. The molecule has 0 saturated heterocycles. The summed E-state index contributed by atoms with van der Waals surface area (Å²) in [6.07, 6.45) is 3.00. The Morgan fingerprint density at radius 2 is 2.35 bits per heavy atom. The van der Waals surface area contributed by atoms with Crippen molar-refractivity contribution in [1.82, 2.24) is 9.97 Å². The Bertz CT molecular complexity index is 527. The molecule has 0 spiro atoms. The second-order valence-electron chi connectivity index (χ2n) is 4.02. The van der Waals surface area contributed by atoms with E-state index in [-0.39, 0.29) is 6.10 Å². The number of nitrogens with zero attached hydrogens (tertiary/aromatic N) is 1. The highest BCUT2D eigenvalue weighted by Gasteiger charge is 2.33. The smallest absolute Gasteiger partial charge is 0.136 e. The molecule has 0 radical (unpaired) electrons. The Labute approximate surface area is 103 Å². The van der Waals surface area contributed by atoms with Crippen molar-refractivity contribution in [3.8, 4) is 5.75 Å². The quantitative estimate of drug-likeness (QED) is 0.858. The minimum absolute atomic E-state index is 0.311. The summed E-state index contributed by atoms with van der Waals surface area (Å²) < 4.78 is 5.68. The lowest BCUT2D eigenvalue weighted by Crippen LogP contribution is -2.22. The van der Waals surface area contributed by atoms with Crippen LogP contribution in [-0.4, -0.2) is 21.2 Å². The number of ether oxygens (including phenoxy) is 1. The topological polar surface area (TPSA) is 58.1 Å². The van der Waals surface area contributed by atoms with Crippen LogP contribution < -0.4 is 4.74 Å². The summed E-state index contributed by atoms with van der Waals surface area (Å²) in [5, 5.41) is 10.7. The van der Waals surface area contributed by atoms with Crippen LogP contribution in [0.1, 0.15) is 17.5 Å². The van der Waals surface area contributed by atoms with Gasteiger partial charge in [0.25, 0.3) is 0 Å². The molecule has 4 nitrogen and oxygen atoms in total. The zero-order valence-electron chi connectivity index (χ0n) is 8.93. The molecule has 2 aromatic rings. The monoisotopic (exact) mass is 250 g/mol. The number of aliphatic hydroxyl groups excluding tert-OH is 1. The average Bonchev–Trinajstić information content (AvgIpc) is 2.91. The van der Waals surface area contributed by atoms with Gasteiger partial charge in [0.1, 0.15) is 23.8 Å². The molecule has 1 aliphatic rings. The maximum Gasteiger partial charge on any atom is 0.136 e. The molecule has 0 amide bonds. The number of imidazole rings is 1. The van der Waals surface area contributed by atoms with Gasteiger partial charge in [0.05, 0.1) is 0 Å². The Hall–Kier alpha value is -1.52. The van der Waals surface area contributed by atoms with Gasteiger partial charge in [-0.15, -0.1) is 0 Å². The Morgan fingerprint density at radius 1 is 1.47 bits per heavy atom. The first-order valence-corrected chi connectivity index (χ1v) is 5.74. The molecule has 2 N–H and O–H groups in total. The number of benzene rings is 1. The predicted molar refractivity (Wildman–Crippen MR) is 63.1 cm³/mol. The third kappa shape index (κ3) is 1.90. The number of rotatable bonds is 2. The number of nitrogens with one attached hydrogen (secondary N) is 1. The molecule has 17 heavy (non-hydrogen) atoms. The average molecular weight is 251 g/mol. The molecule has 1 aliphatic heterocycles. The number of hydrogen-bond acceptors (Lipinski definition) is 3. The van der Waals surface area contributed by atoms with Crippen molar-refractivity contribution in [3.63, 3.8) is 0 Å². The van der Waals surface area contributed by atoms with Crippen molar-refractivity contribution in [2.45, 2.75) is 18.6 Å². The fourth-order valence-electron chi connectivity index (χ4n) is 2.04. The van der Waals surface area contributed by atoms with Crippen LogP contribution in [0, 0.1) is 0 Å². The Kier molecular flexibility index (Phi) is 2.53. The van der Waals surface area contributed by atoms with E-state index in [1.165, 1.54) is 0 Å². The van der Waals surface area contributed by atoms with Gasteiger partial charge in [-0.05, 0) is 18.2 Å². The van der Waals surface area contributed by atoms with E-state index >= 15 is 0 Å². The van der Waals surface area contributed by atoms with E-state index in [4.69, 9.17) is 16.3 Å². The van der Waals surface area contributed by atoms with E-state index in [0.717, 1.165) is 11.4 Å². The van der Waals surface area contributed by atoms with Gasteiger partial charge >= 0.3 is 0 Å². The molecule has 1 aromatic heterocycles. The van der Waals surface area contributed by atoms with Gasteiger partial charge in [-0.3, -0.25) is 0 Å². The first-order valence-electron chi connectivity index (χ1n) is 5.36. The second kappa shape index (κ2) is 4.05.